The van der Waals surface area contributed by atoms with Crippen LogP contribution in [-0.2, 0) is 11.8 Å². The molecule has 2 heterocycles. The summed E-state index contributed by atoms with van der Waals surface area (Å²) in [6, 6.07) is 4.23. The molecule has 4 aliphatic rings. The molecule has 1 aromatic carbocycles. The summed E-state index contributed by atoms with van der Waals surface area (Å²) in [5, 5.41) is 20.6. The zero-order valence-corrected chi connectivity index (χ0v) is 13.2. The minimum Gasteiger partial charge on any atom is -0.504 e. The van der Waals surface area contributed by atoms with Crippen LogP contribution < -0.4 is 4.74 Å². The third-order valence-corrected chi connectivity index (χ3v) is 6.15. The van der Waals surface area contributed by atoms with Crippen LogP contribution in [0, 0.1) is 5.92 Å². The molecule has 2 bridgehead atoms. The molecule has 2 aliphatic carbocycles. The Labute approximate surface area is 137 Å². The van der Waals surface area contributed by atoms with E-state index in [4.69, 9.17) is 4.74 Å². The van der Waals surface area contributed by atoms with Crippen LogP contribution in [0.3, 0.4) is 0 Å². The second kappa shape index (κ2) is 4.40. The average Bonchev–Trinajstić information content (AvgIpc) is 2.83. The van der Waals surface area contributed by atoms with Gasteiger partial charge in [-0.15, -0.1) is 12.4 Å². The number of nitrogens with zero attached hydrogens (tertiary/aromatic N) is 1. The molecule has 1 spiro atoms. The normalized spacial score (nSPS) is 40.6. The maximum atomic E-state index is 10.4. The molecule has 22 heavy (non-hydrogen) atoms. The number of hydrogen-bond donors (Lipinski definition) is 2. The van der Waals surface area contributed by atoms with E-state index in [1.807, 2.05) is 12.1 Å². The van der Waals surface area contributed by atoms with Crippen molar-refractivity contribution in [3.63, 3.8) is 0 Å². The molecule has 0 unspecified atom stereocenters. The number of ether oxygens (including phenoxy) is 1. The Kier molecular flexibility index (Phi) is 2.88. The smallest absolute Gasteiger partial charge is 0.504 e. The van der Waals surface area contributed by atoms with Crippen molar-refractivity contribution in [1.82, 2.24) is 4.90 Å². The lowest BCUT2D eigenvalue weighted by atomic mass is 9.53. The van der Waals surface area contributed by atoms with Gasteiger partial charge in [-0.1, -0.05) is 18.2 Å². The van der Waals surface area contributed by atoms with E-state index in [1.165, 1.54) is 11.1 Å². The molecule has 0 amide bonds. The minimum atomic E-state index is -0.594. The van der Waals surface area contributed by atoms with Crippen molar-refractivity contribution in [3.8, 4) is 11.5 Å². The average molecular weight is 323 g/mol. The maximum Gasteiger partial charge on any atom is 1.00 e. The van der Waals surface area contributed by atoms with Gasteiger partial charge in [-0.05, 0) is 38.1 Å². The topological polar surface area (TPSA) is 52.9 Å². The van der Waals surface area contributed by atoms with E-state index in [1.54, 1.807) is 6.07 Å². The van der Waals surface area contributed by atoms with Crippen LogP contribution in [0.2, 0.25) is 0 Å². The van der Waals surface area contributed by atoms with Crippen LogP contribution in [0.25, 0.3) is 0 Å². The number of aliphatic hydroxyl groups excluding tert-OH is 1. The minimum absolute atomic E-state index is 0. The van der Waals surface area contributed by atoms with Crippen molar-refractivity contribution in [3.05, 3.63) is 35.4 Å². The molecule has 0 saturated carbocycles. The SMILES string of the molecule is CN1CC[C@]23c4c5ccc(O)c4O[C@H]2[C@@H](O)C=C[C@H]3[C@H]1C5.Cl.[H+]. The number of aliphatic hydroxyl groups is 1. The summed E-state index contributed by atoms with van der Waals surface area (Å²) >= 11 is 0. The van der Waals surface area contributed by atoms with E-state index >= 15 is 0 Å². The molecule has 1 fully saturated rings. The van der Waals surface area contributed by atoms with E-state index in [-0.39, 0.29) is 31.1 Å². The third-order valence-electron chi connectivity index (χ3n) is 6.15. The second-order valence-electron chi connectivity index (χ2n) is 6.93. The number of phenols is 1. The quantitative estimate of drug-likeness (QED) is 0.714. The van der Waals surface area contributed by atoms with Gasteiger partial charge in [0.25, 0.3) is 0 Å². The van der Waals surface area contributed by atoms with Crippen LogP contribution in [0.1, 0.15) is 19.0 Å². The van der Waals surface area contributed by atoms with Gasteiger partial charge in [0.15, 0.2) is 11.5 Å². The van der Waals surface area contributed by atoms with Crippen molar-refractivity contribution >= 4 is 12.4 Å². The number of benzene rings is 1. The zero-order valence-electron chi connectivity index (χ0n) is 13.4. The number of halogens is 1. The van der Waals surface area contributed by atoms with Crippen molar-refractivity contribution in [2.24, 2.45) is 5.92 Å². The first-order valence-corrected chi connectivity index (χ1v) is 7.71. The van der Waals surface area contributed by atoms with Gasteiger partial charge in [0, 0.05) is 22.9 Å². The fraction of sp³-hybridized carbons (Fsp3) is 0.529. The third kappa shape index (κ3) is 1.41. The first-order valence-electron chi connectivity index (χ1n) is 7.71. The Balaban J connectivity index is 0.000000781. The molecule has 1 saturated heterocycles. The van der Waals surface area contributed by atoms with Crippen molar-refractivity contribution in [2.75, 3.05) is 13.6 Å². The van der Waals surface area contributed by atoms with E-state index in [9.17, 15) is 10.2 Å². The summed E-state index contributed by atoms with van der Waals surface area (Å²) in [7, 11) is 2.19. The van der Waals surface area contributed by atoms with Gasteiger partial charge in [-0.25, -0.2) is 0 Å². The molecule has 0 radical (unpaired) electrons. The summed E-state index contributed by atoms with van der Waals surface area (Å²) < 4.78 is 6.09. The molecule has 5 rings (SSSR count). The van der Waals surface area contributed by atoms with E-state index in [0.29, 0.717) is 17.7 Å². The molecule has 4 nitrogen and oxygen atoms in total. The highest BCUT2D eigenvalue weighted by atomic mass is 35.5. The first-order chi connectivity index (χ1) is 10.1. The predicted molar refractivity (Wildman–Crippen MR) is 85.9 cm³/mol. The number of aromatic hydroxyl groups is 1. The zero-order chi connectivity index (χ0) is 14.4. The lowest BCUT2D eigenvalue weighted by Crippen LogP contribution is -2.64. The highest BCUT2D eigenvalue weighted by Crippen LogP contribution is 2.62. The molecule has 5 heteroatoms. The molecular formula is C17H21ClNO3+. The Morgan fingerprint density at radius 3 is 3.00 bits per heavy atom. The number of phenolic OH excluding ortho intramolecular Hbond substituents is 1. The molecule has 118 valence electrons. The predicted octanol–water partition coefficient (Wildman–Crippen LogP) is 1.73. The molecule has 2 aliphatic heterocycles. The number of hydrogen-bond acceptors (Lipinski definition) is 4. The van der Waals surface area contributed by atoms with Crippen molar-refractivity contribution in [1.29, 1.82) is 0 Å². The summed E-state index contributed by atoms with van der Waals surface area (Å²) in [4.78, 5) is 2.43. The van der Waals surface area contributed by atoms with Gasteiger partial charge in [0.2, 0.25) is 0 Å². The van der Waals surface area contributed by atoms with E-state index < -0.39 is 6.10 Å². The number of likely N-dealkylation sites (tertiary alicyclic amines) is 1. The standard InChI is InChI=1S/C17H19NO3.ClH/c1-18-7-6-17-10-3-5-13(20)16(17)21-15-12(19)4-2-9(14(15)17)8-11(10)18;/h2-5,10-11,13,16,19-20H,6-8H2,1H3;1H/p+1/t10-,11+,13-,16-,17-;/m0./s1. The highest BCUT2D eigenvalue weighted by Gasteiger charge is 2.64. The van der Waals surface area contributed by atoms with Crippen LogP contribution in [0.15, 0.2) is 24.3 Å². The van der Waals surface area contributed by atoms with Crippen molar-refractivity contribution < 1.29 is 16.4 Å². The first kappa shape index (κ1) is 14.4. The molecule has 0 aromatic heterocycles. The fourth-order valence-electron chi connectivity index (χ4n) is 5.24. The monoisotopic (exact) mass is 322 g/mol. The van der Waals surface area contributed by atoms with Crippen LogP contribution >= 0.6 is 12.4 Å². The maximum absolute atomic E-state index is 10.4. The lowest BCUT2D eigenvalue weighted by molar-refractivity contribution is -0.0453. The van der Waals surface area contributed by atoms with Crippen LogP contribution in [0.5, 0.6) is 11.5 Å². The molecule has 5 atom stereocenters. The van der Waals surface area contributed by atoms with Gasteiger partial charge in [0.1, 0.15) is 12.2 Å². The van der Waals surface area contributed by atoms with Crippen molar-refractivity contribution in [2.45, 2.75) is 36.5 Å². The van der Waals surface area contributed by atoms with Crippen LogP contribution in [0.4, 0.5) is 0 Å². The number of rotatable bonds is 0. The van der Waals surface area contributed by atoms with Gasteiger partial charge < -0.3 is 19.8 Å². The Hall–Kier alpha value is -1.23. The summed E-state index contributed by atoms with van der Waals surface area (Å²) in [6.45, 7) is 1.01. The molecule has 2 N–H and O–H groups in total. The second-order valence-corrected chi connectivity index (χ2v) is 6.93. The molecule has 1 aromatic rings. The van der Waals surface area contributed by atoms with Gasteiger partial charge in [0.05, 0.1) is 0 Å². The Morgan fingerprint density at radius 2 is 2.18 bits per heavy atom. The summed E-state index contributed by atoms with van der Waals surface area (Å²) in [5.41, 5.74) is 2.29. The number of likely N-dealkylation sites (N-methyl/N-ethyl adjacent to an activating group) is 1. The lowest BCUT2D eigenvalue weighted by Gasteiger charge is -2.56. The Morgan fingerprint density at radius 1 is 1.36 bits per heavy atom. The van der Waals surface area contributed by atoms with E-state index in [2.05, 4.69) is 18.0 Å². The summed E-state index contributed by atoms with van der Waals surface area (Å²) in [5.74, 6) is 1.19. The van der Waals surface area contributed by atoms with Gasteiger partial charge >= 0.3 is 1.43 Å². The van der Waals surface area contributed by atoms with E-state index in [0.717, 1.165) is 19.4 Å². The molecular weight excluding hydrogens is 302 g/mol. The van der Waals surface area contributed by atoms with Crippen LogP contribution in [-0.4, -0.2) is 47.0 Å². The largest absolute Gasteiger partial charge is 1.00 e. The van der Waals surface area contributed by atoms with Gasteiger partial charge in [-0.3, -0.25) is 0 Å². The Bertz CT molecular complexity index is 682. The van der Waals surface area contributed by atoms with Gasteiger partial charge in [-0.2, -0.15) is 0 Å². The highest BCUT2D eigenvalue weighted by molar-refractivity contribution is 5.85. The summed E-state index contributed by atoms with van der Waals surface area (Å²) in [6.07, 6.45) is 5.18. The number of piperidine rings is 1. The fourth-order valence-corrected chi connectivity index (χ4v) is 5.24.